The van der Waals surface area contributed by atoms with Gasteiger partial charge in [0.1, 0.15) is 5.82 Å². The van der Waals surface area contributed by atoms with E-state index in [-0.39, 0.29) is 0 Å². The van der Waals surface area contributed by atoms with Crippen LogP contribution in [0.4, 0.5) is 13.2 Å². The second-order valence-electron chi connectivity index (χ2n) is 3.08. The lowest BCUT2D eigenvalue weighted by atomic mass is 10.2. The van der Waals surface area contributed by atoms with Gasteiger partial charge >= 0.3 is 6.18 Å². The Morgan fingerprint density at radius 1 is 1.21 bits per heavy atom. The third-order valence-corrected chi connectivity index (χ3v) is 1.82. The topological polar surface area (TPSA) is 41.6 Å². The normalized spacial score (nSPS) is 12.0. The zero-order valence-corrected chi connectivity index (χ0v) is 7.86. The summed E-state index contributed by atoms with van der Waals surface area (Å²) in [7, 11) is 0. The van der Waals surface area contributed by atoms with Crippen LogP contribution in [0.3, 0.4) is 0 Å². The van der Waals surface area contributed by atoms with Crippen LogP contribution in [0.15, 0.2) is 0 Å². The molecular formula is C8H12F3N3. The van der Waals surface area contributed by atoms with Crippen LogP contribution in [0.5, 0.6) is 0 Å². The minimum atomic E-state index is -4.42. The average Bonchev–Trinajstić information content (AvgIpc) is 2.52. The highest BCUT2D eigenvalue weighted by molar-refractivity contribution is 4.94. The molecule has 1 rings (SSSR count). The van der Waals surface area contributed by atoms with E-state index in [2.05, 4.69) is 15.2 Å². The van der Waals surface area contributed by atoms with E-state index in [4.69, 9.17) is 0 Å². The summed E-state index contributed by atoms with van der Waals surface area (Å²) in [6.07, 6.45) is -1.04. The number of nitrogens with zero attached hydrogens (tertiary/aromatic N) is 2. The second-order valence-corrected chi connectivity index (χ2v) is 3.08. The fraction of sp³-hybridized carbons (Fsp3) is 0.750. The van der Waals surface area contributed by atoms with Crippen LogP contribution in [0.1, 0.15) is 37.8 Å². The lowest BCUT2D eigenvalue weighted by molar-refractivity contribution is -0.144. The molecular weight excluding hydrogens is 195 g/mol. The van der Waals surface area contributed by atoms with Crippen molar-refractivity contribution < 1.29 is 13.2 Å². The van der Waals surface area contributed by atoms with Gasteiger partial charge in [0.25, 0.3) is 0 Å². The second kappa shape index (κ2) is 4.43. The molecule has 0 aliphatic carbocycles. The first-order valence-corrected chi connectivity index (χ1v) is 4.52. The Hall–Kier alpha value is -1.07. The monoisotopic (exact) mass is 207 g/mol. The molecule has 80 valence electrons. The first-order chi connectivity index (χ1) is 6.54. The fourth-order valence-corrected chi connectivity index (χ4v) is 1.08. The van der Waals surface area contributed by atoms with Crippen molar-refractivity contribution in [1.29, 1.82) is 0 Å². The number of hydrogen-bond acceptors (Lipinski definition) is 2. The molecule has 0 aliphatic rings. The van der Waals surface area contributed by atoms with Crippen molar-refractivity contribution >= 4 is 0 Å². The Bertz CT molecular complexity index is 280. The van der Waals surface area contributed by atoms with E-state index in [0.29, 0.717) is 12.2 Å². The number of aryl methyl sites for hydroxylation is 1. The van der Waals surface area contributed by atoms with Gasteiger partial charge in [-0.2, -0.15) is 13.2 Å². The number of H-pyrrole nitrogens is 1. The molecule has 0 radical (unpaired) electrons. The van der Waals surface area contributed by atoms with Crippen molar-refractivity contribution in [2.45, 2.75) is 38.8 Å². The summed E-state index contributed by atoms with van der Waals surface area (Å²) >= 11 is 0. The Kier molecular flexibility index (Phi) is 3.49. The molecule has 0 fully saturated rings. The predicted octanol–water partition coefficient (Wildman–Crippen LogP) is 2.56. The molecule has 0 amide bonds. The third-order valence-electron chi connectivity index (χ3n) is 1.82. The van der Waals surface area contributed by atoms with Crippen molar-refractivity contribution in [3.8, 4) is 0 Å². The van der Waals surface area contributed by atoms with Crippen LogP contribution in [0, 0.1) is 0 Å². The van der Waals surface area contributed by atoms with E-state index in [1.54, 1.807) is 0 Å². The minimum absolute atomic E-state index is 0.311. The maximum atomic E-state index is 12.1. The van der Waals surface area contributed by atoms with Crippen LogP contribution in [0.25, 0.3) is 0 Å². The molecule has 0 atom stereocenters. The lowest BCUT2D eigenvalue weighted by Crippen LogP contribution is -2.07. The van der Waals surface area contributed by atoms with Crippen molar-refractivity contribution in [1.82, 2.24) is 15.2 Å². The summed E-state index contributed by atoms with van der Waals surface area (Å²) in [5, 5.41) is 6.46. The van der Waals surface area contributed by atoms with E-state index < -0.39 is 12.0 Å². The van der Waals surface area contributed by atoms with E-state index in [0.717, 1.165) is 19.3 Å². The van der Waals surface area contributed by atoms with Gasteiger partial charge in [-0.15, -0.1) is 10.2 Å². The molecule has 0 unspecified atom stereocenters. The predicted molar refractivity (Wildman–Crippen MR) is 44.6 cm³/mol. The van der Waals surface area contributed by atoms with E-state index >= 15 is 0 Å². The van der Waals surface area contributed by atoms with E-state index in [1.165, 1.54) is 0 Å². The van der Waals surface area contributed by atoms with Crippen LogP contribution >= 0.6 is 0 Å². The minimum Gasteiger partial charge on any atom is -0.321 e. The maximum Gasteiger partial charge on any atom is 0.451 e. The smallest absolute Gasteiger partial charge is 0.321 e. The number of hydrogen-bond donors (Lipinski definition) is 1. The first kappa shape index (κ1) is 11.0. The van der Waals surface area contributed by atoms with Crippen molar-refractivity contribution in [2.75, 3.05) is 0 Å². The number of aromatic nitrogens is 3. The highest BCUT2D eigenvalue weighted by atomic mass is 19.4. The third kappa shape index (κ3) is 3.01. The van der Waals surface area contributed by atoms with Crippen LogP contribution < -0.4 is 0 Å². The molecule has 0 bridgehead atoms. The highest BCUT2D eigenvalue weighted by Gasteiger charge is 2.35. The first-order valence-electron chi connectivity index (χ1n) is 4.52. The summed E-state index contributed by atoms with van der Waals surface area (Å²) in [6, 6.07) is 0. The van der Waals surface area contributed by atoms with Crippen molar-refractivity contribution in [2.24, 2.45) is 0 Å². The lowest BCUT2D eigenvalue weighted by Gasteiger charge is -1.99. The molecule has 14 heavy (non-hydrogen) atoms. The highest BCUT2D eigenvalue weighted by Crippen LogP contribution is 2.25. The van der Waals surface area contributed by atoms with E-state index in [1.807, 2.05) is 6.92 Å². The molecule has 0 spiro atoms. The van der Waals surface area contributed by atoms with Gasteiger partial charge in [0.15, 0.2) is 0 Å². The number of rotatable bonds is 4. The maximum absolute atomic E-state index is 12.1. The Labute approximate surface area is 79.7 Å². The Balaban J connectivity index is 2.51. The molecule has 3 nitrogen and oxygen atoms in total. The Morgan fingerprint density at radius 3 is 2.43 bits per heavy atom. The van der Waals surface area contributed by atoms with Crippen molar-refractivity contribution in [3.63, 3.8) is 0 Å². The molecule has 0 saturated heterocycles. The molecule has 0 saturated carbocycles. The molecule has 1 aromatic rings. The summed E-state index contributed by atoms with van der Waals surface area (Å²) < 4.78 is 36.2. The van der Waals surface area contributed by atoms with Gasteiger partial charge < -0.3 is 4.98 Å². The van der Waals surface area contributed by atoms with Gasteiger partial charge in [-0.25, -0.2) is 0 Å². The zero-order chi connectivity index (χ0) is 10.6. The van der Waals surface area contributed by atoms with Gasteiger partial charge in [-0.3, -0.25) is 0 Å². The number of unbranched alkanes of at least 4 members (excludes halogenated alkanes) is 2. The molecule has 6 heteroatoms. The van der Waals surface area contributed by atoms with Gasteiger partial charge in [0.2, 0.25) is 5.82 Å². The number of nitrogens with one attached hydrogen (secondary N) is 1. The number of alkyl halides is 3. The van der Waals surface area contributed by atoms with Crippen LogP contribution in [-0.4, -0.2) is 15.2 Å². The average molecular weight is 207 g/mol. The van der Waals surface area contributed by atoms with Crippen LogP contribution in [0.2, 0.25) is 0 Å². The standard InChI is InChI=1S/C8H12F3N3/c1-2-3-4-5-6-12-7(14-13-6)8(9,10)11/h2-5H2,1H3,(H,12,13,14). The zero-order valence-electron chi connectivity index (χ0n) is 7.86. The molecule has 0 aliphatic heterocycles. The number of halogens is 3. The van der Waals surface area contributed by atoms with Gasteiger partial charge in [-0.05, 0) is 6.42 Å². The molecule has 1 heterocycles. The summed E-state index contributed by atoms with van der Waals surface area (Å²) in [5.41, 5.74) is 0. The summed E-state index contributed by atoms with van der Waals surface area (Å²) in [6.45, 7) is 2.03. The van der Waals surface area contributed by atoms with E-state index in [9.17, 15) is 13.2 Å². The fourth-order valence-electron chi connectivity index (χ4n) is 1.08. The largest absolute Gasteiger partial charge is 0.451 e. The van der Waals surface area contributed by atoms with Crippen molar-refractivity contribution in [3.05, 3.63) is 11.6 Å². The number of aromatic amines is 1. The van der Waals surface area contributed by atoms with Gasteiger partial charge in [-0.1, -0.05) is 19.8 Å². The van der Waals surface area contributed by atoms with Crippen LogP contribution in [-0.2, 0) is 12.6 Å². The SMILES string of the molecule is CCCCCc1nnc(C(F)(F)F)[nH]1. The summed E-state index contributed by atoms with van der Waals surface area (Å²) in [4.78, 5) is 2.16. The Morgan fingerprint density at radius 2 is 1.93 bits per heavy atom. The molecule has 0 aromatic carbocycles. The van der Waals surface area contributed by atoms with Gasteiger partial charge in [0.05, 0.1) is 0 Å². The molecule has 1 aromatic heterocycles. The summed E-state index contributed by atoms with van der Waals surface area (Å²) in [5.74, 6) is -0.699. The quantitative estimate of drug-likeness (QED) is 0.771. The molecule has 1 N–H and O–H groups in total. The van der Waals surface area contributed by atoms with Gasteiger partial charge in [0, 0.05) is 6.42 Å².